The Balaban J connectivity index is 1.44. The maximum absolute atomic E-state index is 12.5. The molecule has 24 heavy (non-hydrogen) atoms. The molecule has 2 N–H and O–H groups in total. The van der Waals surface area contributed by atoms with E-state index in [1.165, 1.54) is 0 Å². The summed E-state index contributed by atoms with van der Waals surface area (Å²) in [4.78, 5) is 7.39. The lowest BCUT2D eigenvalue weighted by Gasteiger charge is -2.23. The third-order valence-corrected chi connectivity index (χ3v) is 4.30. The highest BCUT2D eigenvalue weighted by atomic mass is 19.4. The first kappa shape index (κ1) is 15.3. The molecule has 2 aromatic rings. The van der Waals surface area contributed by atoms with Crippen molar-refractivity contribution in [1.29, 1.82) is 0 Å². The minimum atomic E-state index is -4.44. The number of morpholine rings is 1. The van der Waals surface area contributed by atoms with Gasteiger partial charge in [-0.25, -0.2) is 9.97 Å². The molecule has 1 aromatic carbocycles. The largest absolute Gasteiger partial charge is 0.419 e. The zero-order valence-corrected chi connectivity index (χ0v) is 12.5. The van der Waals surface area contributed by atoms with Gasteiger partial charge in [0.05, 0.1) is 17.8 Å². The molecule has 0 amide bonds. The minimum Gasteiger partial charge on any atom is -0.367 e. The van der Waals surface area contributed by atoms with Crippen molar-refractivity contribution < 1.29 is 17.9 Å². The van der Waals surface area contributed by atoms with Crippen LogP contribution in [0.15, 0.2) is 36.7 Å². The Kier molecular flexibility index (Phi) is 3.65. The molecule has 5 nitrogen and oxygen atoms in total. The molecule has 0 unspecified atom stereocenters. The standard InChI is InChI=1S/C16H15F3N4O/c17-16(18,19)10-6-21-15(22-7-10)23-11-3-1-9(2-4-11)14-13-5-12(24-14)8-20-13/h1-4,6-7,12-14,20H,5,8H2,(H,21,22,23)/t12-,13-,14+/m1/s1. The van der Waals surface area contributed by atoms with Gasteiger partial charge in [0.2, 0.25) is 5.95 Å². The quantitative estimate of drug-likeness (QED) is 0.902. The van der Waals surface area contributed by atoms with Crippen molar-refractivity contribution in [3.05, 3.63) is 47.8 Å². The molecule has 2 fully saturated rings. The first-order chi connectivity index (χ1) is 11.5. The van der Waals surface area contributed by atoms with E-state index >= 15 is 0 Å². The van der Waals surface area contributed by atoms with Crippen LogP contribution in [0, 0.1) is 0 Å². The molecule has 2 aliphatic heterocycles. The van der Waals surface area contributed by atoms with Gasteiger partial charge in [-0.05, 0) is 24.1 Å². The summed E-state index contributed by atoms with van der Waals surface area (Å²) in [7, 11) is 0. The van der Waals surface area contributed by atoms with E-state index in [2.05, 4.69) is 20.6 Å². The van der Waals surface area contributed by atoms with Crippen molar-refractivity contribution in [3.8, 4) is 0 Å². The van der Waals surface area contributed by atoms with Crippen LogP contribution in [-0.4, -0.2) is 28.7 Å². The molecule has 0 aliphatic carbocycles. The van der Waals surface area contributed by atoms with Crippen LogP contribution in [0.4, 0.5) is 24.8 Å². The smallest absolute Gasteiger partial charge is 0.367 e. The summed E-state index contributed by atoms with van der Waals surface area (Å²) in [6, 6.07) is 7.92. The van der Waals surface area contributed by atoms with Gasteiger partial charge in [-0.2, -0.15) is 13.2 Å². The number of aromatic nitrogens is 2. The van der Waals surface area contributed by atoms with Gasteiger partial charge in [0, 0.05) is 30.7 Å². The maximum atomic E-state index is 12.5. The van der Waals surface area contributed by atoms with Gasteiger partial charge in [0.1, 0.15) is 0 Å². The van der Waals surface area contributed by atoms with Gasteiger partial charge >= 0.3 is 6.18 Å². The number of alkyl halides is 3. The number of ether oxygens (including phenoxy) is 1. The molecule has 3 atom stereocenters. The van der Waals surface area contributed by atoms with Crippen molar-refractivity contribution in [2.45, 2.75) is 30.8 Å². The lowest BCUT2D eigenvalue weighted by molar-refractivity contribution is -0.138. The summed E-state index contributed by atoms with van der Waals surface area (Å²) >= 11 is 0. The van der Waals surface area contributed by atoms with Crippen molar-refractivity contribution in [2.75, 3.05) is 11.9 Å². The van der Waals surface area contributed by atoms with Crippen LogP contribution in [0.5, 0.6) is 0 Å². The lowest BCUT2D eigenvalue weighted by Crippen LogP contribution is -2.33. The number of nitrogens with zero attached hydrogens (tertiary/aromatic N) is 2. The fourth-order valence-electron chi connectivity index (χ4n) is 3.10. The second-order valence-electron chi connectivity index (χ2n) is 5.97. The molecule has 0 radical (unpaired) electrons. The number of nitrogens with one attached hydrogen (secondary N) is 2. The Labute approximate surface area is 136 Å². The monoisotopic (exact) mass is 336 g/mol. The SMILES string of the molecule is FC(F)(F)c1cnc(Nc2ccc([C@@H]3O[C@H]4CN[C@@H]3C4)cc2)nc1. The van der Waals surface area contributed by atoms with Crippen molar-refractivity contribution in [3.63, 3.8) is 0 Å². The van der Waals surface area contributed by atoms with Crippen LogP contribution in [0.2, 0.25) is 0 Å². The summed E-state index contributed by atoms with van der Waals surface area (Å²) < 4.78 is 43.4. The average Bonchev–Trinajstić information content (AvgIpc) is 3.18. The molecular formula is C16H15F3N4O. The lowest BCUT2D eigenvalue weighted by atomic mass is 10.0. The Morgan fingerprint density at radius 3 is 2.38 bits per heavy atom. The molecule has 0 saturated carbocycles. The van der Waals surface area contributed by atoms with E-state index in [1.807, 2.05) is 24.3 Å². The second-order valence-corrected chi connectivity index (χ2v) is 5.97. The number of rotatable bonds is 3. The molecule has 8 heteroatoms. The topological polar surface area (TPSA) is 59.1 Å². The third kappa shape index (κ3) is 2.94. The fraction of sp³-hybridized carbons (Fsp3) is 0.375. The van der Waals surface area contributed by atoms with E-state index in [-0.39, 0.29) is 12.1 Å². The predicted molar refractivity (Wildman–Crippen MR) is 80.8 cm³/mol. The number of hydrogen-bond acceptors (Lipinski definition) is 5. The van der Waals surface area contributed by atoms with Crippen molar-refractivity contribution in [1.82, 2.24) is 15.3 Å². The molecule has 2 aliphatic rings. The van der Waals surface area contributed by atoms with Gasteiger partial charge < -0.3 is 15.4 Å². The van der Waals surface area contributed by atoms with Crippen molar-refractivity contribution in [2.24, 2.45) is 0 Å². The zero-order chi connectivity index (χ0) is 16.7. The van der Waals surface area contributed by atoms with Crippen LogP contribution in [0.25, 0.3) is 0 Å². The van der Waals surface area contributed by atoms with Crippen LogP contribution in [-0.2, 0) is 10.9 Å². The summed E-state index contributed by atoms with van der Waals surface area (Å²) in [6.07, 6.45) is -1.53. The minimum absolute atomic E-state index is 0.0557. The highest BCUT2D eigenvalue weighted by Gasteiger charge is 2.41. The first-order valence-corrected chi connectivity index (χ1v) is 7.64. The highest BCUT2D eigenvalue weighted by molar-refractivity contribution is 5.53. The van der Waals surface area contributed by atoms with Crippen LogP contribution in [0.1, 0.15) is 23.7 Å². The number of anilines is 2. The van der Waals surface area contributed by atoms with Gasteiger partial charge in [-0.15, -0.1) is 0 Å². The molecule has 0 spiro atoms. The van der Waals surface area contributed by atoms with Crippen LogP contribution < -0.4 is 10.6 Å². The number of fused-ring (bicyclic) bond motifs is 2. The van der Waals surface area contributed by atoms with Crippen molar-refractivity contribution >= 4 is 11.6 Å². The van der Waals surface area contributed by atoms with Crippen LogP contribution >= 0.6 is 0 Å². The van der Waals surface area contributed by atoms with Gasteiger partial charge in [0.25, 0.3) is 0 Å². The van der Waals surface area contributed by atoms with Gasteiger partial charge in [-0.1, -0.05) is 12.1 Å². The number of halogens is 3. The predicted octanol–water partition coefficient (Wildman–Crippen LogP) is 3.04. The Morgan fingerprint density at radius 1 is 1.12 bits per heavy atom. The van der Waals surface area contributed by atoms with E-state index in [0.717, 1.165) is 30.9 Å². The van der Waals surface area contributed by atoms with E-state index in [0.29, 0.717) is 17.8 Å². The first-order valence-electron chi connectivity index (χ1n) is 7.64. The van der Waals surface area contributed by atoms with Gasteiger partial charge in [-0.3, -0.25) is 0 Å². The molecule has 1 aromatic heterocycles. The molecule has 126 valence electrons. The molecule has 2 bridgehead atoms. The summed E-state index contributed by atoms with van der Waals surface area (Å²) in [5.74, 6) is 0.119. The summed E-state index contributed by atoms with van der Waals surface area (Å²) in [6.45, 7) is 0.909. The zero-order valence-electron chi connectivity index (χ0n) is 12.5. The molecule has 2 saturated heterocycles. The number of benzene rings is 1. The van der Waals surface area contributed by atoms with E-state index in [1.54, 1.807) is 0 Å². The molecule has 4 rings (SSSR count). The van der Waals surface area contributed by atoms with E-state index in [9.17, 15) is 13.2 Å². The molecule has 3 heterocycles. The summed E-state index contributed by atoms with van der Waals surface area (Å²) in [5.41, 5.74) is 0.910. The van der Waals surface area contributed by atoms with E-state index in [4.69, 9.17) is 4.74 Å². The van der Waals surface area contributed by atoms with Crippen LogP contribution in [0.3, 0.4) is 0 Å². The highest BCUT2D eigenvalue weighted by Crippen LogP contribution is 2.37. The second kappa shape index (κ2) is 5.71. The fourth-order valence-corrected chi connectivity index (χ4v) is 3.10. The summed E-state index contributed by atoms with van der Waals surface area (Å²) in [5, 5.41) is 6.31. The third-order valence-electron chi connectivity index (χ3n) is 4.30. The maximum Gasteiger partial charge on any atom is 0.419 e. The normalized spacial score (nSPS) is 25.9. The number of hydrogen-bond donors (Lipinski definition) is 2. The Bertz CT molecular complexity index is 718. The van der Waals surface area contributed by atoms with E-state index < -0.39 is 11.7 Å². The van der Waals surface area contributed by atoms with Gasteiger partial charge in [0.15, 0.2) is 0 Å². The Morgan fingerprint density at radius 2 is 1.83 bits per heavy atom. The Hall–Kier alpha value is -2.19. The molecular weight excluding hydrogens is 321 g/mol. The average molecular weight is 336 g/mol.